The van der Waals surface area contributed by atoms with Gasteiger partial charge in [-0.1, -0.05) is 54.1 Å². The largest absolute Gasteiger partial charge is 0.387 e. The van der Waals surface area contributed by atoms with E-state index in [1.807, 2.05) is 6.07 Å². The highest BCUT2D eigenvalue weighted by Gasteiger charge is 2.64. The zero-order valence-corrected chi connectivity index (χ0v) is 20.4. The Morgan fingerprint density at radius 3 is 2.69 bits per heavy atom. The normalized spacial score (nSPS) is 27.0. The Balaban J connectivity index is 1.46. The van der Waals surface area contributed by atoms with Crippen molar-refractivity contribution in [2.75, 3.05) is 13.1 Å². The number of likely N-dealkylation sites (tertiary alicyclic amines) is 1. The van der Waals surface area contributed by atoms with Crippen molar-refractivity contribution < 1.29 is 9.90 Å². The van der Waals surface area contributed by atoms with Crippen LogP contribution < -0.4 is 5.56 Å². The third kappa shape index (κ3) is 3.36. The summed E-state index contributed by atoms with van der Waals surface area (Å²) in [5.74, 6) is -0.240. The van der Waals surface area contributed by atoms with E-state index in [1.165, 1.54) is 29.2 Å². The molecule has 180 valence electrons. The van der Waals surface area contributed by atoms with E-state index in [1.54, 1.807) is 6.07 Å². The molecule has 3 aliphatic rings. The zero-order chi connectivity index (χ0) is 24.4. The van der Waals surface area contributed by atoms with Gasteiger partial charge in [0.05, 0.1) is 11.2 Å². The van der Waals surface area contributed by atoms with Gasteiger partial charge in [-0.05, 0) is 68.0 Å². The van der Waals surface area contributed by atoms with Gasteiger partial charge >= 0.3 is 0 Å². The minimum Gasteiger partial charge on any atom is -0.387 e. The van der Waals surface area contributed by atoms with E-state index < -0.39 is 11.0 Å². The number of piperidine rings is 1. The molecule has 2 heterocycles. The maximum atomic E-state index is 12.7. The van der Waals surface area contributed by atoms with Crippen molar-refractivity contribution in [3.05, 3.63) is 104 Å². The molecule has 2 bridgehead atoms. The second-order valence-corrected chi connectivity index (χ2v) is 10.8. The van der Waals surface area contributed by atoms with E-state index in [2.05, 4.69) is 59.3 Å². The standard InChI is InChI=1S/C30H32N2O3/c1-19-8-9-22-16-27-30(35)17-23-15-24(20(2)33)28(34)31-26(23)18-29(30,25(22)14-19)11-13-32(27)12-10-21-6-4-3-5-7-21/h3-9,14-15,27,35H,10-13,16-18H2,1-2H3,(H,31,34)/t27-,29-,30-/m1/s1. The maximum Gasteiger partial charge on any atom is 0.259 e. The molecule has 1 saturated heterocycles. The van der Waals surface area contributed by atoms with E-state index in [-0.39, 0.29) is 22.9 Å². The lowest BCUT2D eigenvalue weighted by molar-refractivity contribution is -0.151. The first-order chi connectivity index (χ1) is 16.8. The van der Waals surface area contributed by atoms with E-state index in [0.717, 1.165) is 43.6 Å². The number of nitrogens with one attached hydrogen (secondary N) is 1. The van der Waals surface area contributed by atoms with Gasteiger partial charge in [0.25, 0.3) is 5.56 Å². The molecule has 0 spiro atoms. The van der Waals surface area contributed by atoms with Crippen molar-refractivity contribution in [1.29, 1.82) is 0 Å². The van der Waals surface area contributed by atoms with Gasteiger partial charge < -0.3 is 10.1 Å². The third-order valence-corrected chi connectivity index (χ3v) is 8.90. The molecule has 6 rings (SSSR count). The number of ketones is 1. The molecule has 5 heteroatoms. The van der Waals surface area contributed by atoms with Gasteiger partial charge in [-0.15, -0.1) is 0 Å². The quantitative estimate of drug-likeness (QED) is 0.575. The average molecular weight is 469 g/mol. The molecule has 35 heavy (non-hydrogen) atoms. The van der Waals surface area contributed by atoms with Gasteiger partial charge in [0.1, 0.15) is 0 Å². The SMILES string of the molecule is CC(=O)c1cc2c([nH]c1=O)C[C@]13CCN(CCc4ccccc4)[C@H](Cc4ccc(C)cc41)[C@]3(O)C2. The number of carbonyl (C=O) groups is 1. The predicted molar refractivity (Wildman–Crippen MR) is 136 cm³/mol. The fourth-order valence-corrected chi connectivity index (χ4v) is 7.10. The number of hydrogen-bond acceptors (Lipinski definition) is 4. The van der Waals surface area contributed by atoms with Crippen LogP contribution >= 0.6 is 0 Å². The van der Waals surface area contributed by atoms with Gasteiger partial charge in [0.15, 0.2) is 5.78 Å². The van der Waals surface area contributed by atoms with Crippen LogP contribution in [-0.4, -0.2) is 45.5 Å². The van der Waals surface area contributed by atoms with Crippen LogP contribution in [0.25, 0.3) is 0 Å². The lowest BCUT2D eigenvalue weighted by Crippen LogP contribution is -2.74. The Hall–Kier alpha value is -3.02. The maximum absolute atomic E-state index is 12.7. The molecule has 0 unspecified atom stereocenters. The molecular weight excluding hydrogens is 436 g/mol. The second kappa shape index (κ2) is 8.00. The van der Waals surface area contributed by atoms with Crippen LogP contribution in [0.4, 0.5) is 0 Å². The van der Waals surface area contributed by atoms with Crippen LogP contribution in [0.1, 0.15) is 57.2 Å². The smallest absolute Gasteiger partial charge is 0.259 e. The monoisotopic (exact) mass is 468 g/mol. The fraction of sp³-hybridized carbons (Fsp3) is 0.400. The summed E-state index contributed by atoms with van der Waals surface area (Å²) in [4.78, 5) is 30.3. The first-order valence-electron chi connectivity index (χ1n) is 12.7. The predicted octanol–water partition coefficient (Wildman–Crippen LogP) is 3.53. The number of aromatic amines is 1. The van der Waals surface area contributed by atoms with E-state index >= 15 is 0 Å². The van der Waals surface area contributed by atoms with Gasteiger partial charge in [-0.3, -0.25) is 14.5 Å². The fourth-order valence-electron chi connectivity index (χ4n) is 7.10. The molecule has 2 N–H and O–H groups in total. The molecule has 0 radical (unpaired) electrons. The Labute approximate surface area is 205 Å². The zero-order valence-electron chi connectivity index (χ0n) is 20.4. The van der Waals surface area contributed by atoms with Crippen LogP contribution in [0.3, 0.4) is 0 Å². The number of H-pyrrole nitrogens is 1. The van der Waals surface area contributed by atoms with E-state index in [0.29, 0.717) is 12.8 Å². The van der Waals surface area contributed by atoms with Crippen molar-refractivity contribution in [2.45, 2.75) is 63.0 Å². The molecule has 0 amide bonds. The minimum absolute atomic E-state index is 0.0176. The molecule has 3 aromatic rings. The molecule has 1 fully saturated rings. The summed E-state index contributed by atoms with van der Waals surface area (Å²) in [6, 6.07) is 18.9. The number of Topliss-reactive ketones (excluding diaryl/α,β-unsaturated/α-hetero) is 1. The summed E-state index contributed by atoms with van der Waals surface area (Å²) in [5.41, 5.74) is 5.25. The molecule has 2 aromatic carbocycles. The number of aryl methyl sites for hydroxylation is 1. The molecule has 0 saturated carbocycles. The topological polar surface area (TPSA) is 73.4 Å². The summed E-state index contributed by atoms with van der Waals surface area (Å²) in [6.07, 6.45) is 3.62. The summed E-state index contributed by atoms with van der Waals surface area (Å²) in [5, 5.41) is 12.7. The molecule has 1 aliphatic heterocycles. The van der Waals surface area contributed by atoms with Crippen molar-refractivity contribution in [3.8, 4) is 0 Å². The van der Waals surface area contributed by atoms with Crippen LogP contribution in [-0.2, 0) is 31.1 Å². The van der Waals surface area contributed by atoms with Gasteiger partial charge in [0, 0.05) is 36.5 Å². The Morgan fingerprint density at radius 1 is 1.11 bits per heavy atom. The highest BCUT2D eigenvalue weighted by molar-refractivity contribution is 5.93. The second-order valence-electron chi connectivity index (χ2n) is 10.8. The molecule has 1 aromatic heterocycles. The van der Waals surface area contributed by atoms with Crippen LogP contribution in [0.2, 0.25) is 0 Å². The summed E-state index contributed by atoms with van der Waals surface area (Å²) in [7, 11) is 0. The van der Waals surface area contributed by atoms with Crippen LogP contribution in [0.5, 0.6) is 0 Å². The lowest BCUT2D eigenvalue weighted by atomic mass is 9.49. The summed E-state index contributed by atoms with van der Waals surface area (Å²) in [6.45, 7) is 5.34. The van der Waals surface area contributed by atoms with Gasteiger partial charge in [-0.2, -0.15) is 0 Å². The van der Waals surface area contributed by atoms with Crippen molar-refractivity contribution in [1.82, 2.24) is 9.88 Å². The van der Waals surface area contributed by atoms with Crippen molar-refractivity contribution in [3.63, 3.8) is 0 Å². The number of aliphatic hydroxyl groups is 1. The highest BCUT2D eigenvalue weighted by atomic mass is 16.3. The van der Waals surface area contributed by atoms with E-state index in [9.17, 15) is 14.7 Å². The lowest BCUT2D eigenvalue weighted by Gasteiger charge is -2.63. The number of benzene rings is 2. The first kappa shape index (κ1) is 22.4. The van der Waals surface area contributed by atoms with Gasteiger partial charge in [0.2, 0.25) is 0 Å². The van der Waals surface area contributed by atoms with E-state index in [4.69, 9.17) is 0 Å². The number of carbonyl (C=O) groups excluding carboxylic acids is 1. The van der Waals surface area contributed by atoms with Gasteiger partial charge in [-0.25, -0.2) is 0 Å². The van der Waals surface area contributed by atoms with Crippen LogP contribution in [0.15, 0.2) is 59.4 Å². The molecule has 2 aliphatic carbocycles. The number of hydrogen-bond donors (Lipinski definition) is 2. The number of fused-ring (bicyclic) bond motifs is 2. The number of pyridine rings is 1. The third-order valence-electron chi connectivity index (χ3n) is 8.90. The Morgan fingerprint density at radius 2 is 1.91 bits per heavy atom. The highest BCUT2D eigenvalue weighted by Crippen LogP contribution is 2.56. The van der Waals surface area contributed by atoms with Crippen molar-refractivity contribution in [2.24, 2.45) is 0 Å². The Bertz CT molecular complexity index is 1380. The van der Waals surface area contributed by atoms with Crippen LogP contribution in [0, 0.1) is 6.92 Å². The number of aromatic nitrogens is 1. The van der Waals surface area contributed by atoms with Crippen molar-refractivity contribution >= 4 is 5.78 Å². The summed E-state index contributed by atoms with van der Waals surface area (Å²) >= 11 is 0. The number of nitrogens with zero attached hydrogens (tertiary/aromatic N) is 1. The number of rotatable bonds is 4. The molecule has 3 atom stereocenters. The first-order valence-corrected chi connectivity index (χ1v) is 12.7. The summed E-state index contributed by atoms with van der Waals surface area (Å²) < 4.78 is 0. The average Bonchev–Trinajstić information content (AvgIpc) is 2.83. The minimum atomic E-state index is -0.970. The Kier molecular flexibility index (Phi) is 5.13. The molecule has 5 nitrogen and oxygen atoms in total. The molecular formula is C30H32N2O3.